The lowest BCUT2D eigenvalue weighted by molar-refractivity contribution is -0.121. The Bertz CT molecular complexity index is 1690. The van der Waals surface area contributed by atoms with Crippen LogP contribution >= 0.6 is 0 Å². The maximum Gasteiger partial charge on any atom is 0.244 e. The molecule has 1 atom stereocenters. The zero-order valence-electron chi connectivity index (χ0n) is 23.3. The lowest BCUT2D eigenvalue weighted by atomic mass is 9.50. The van der Waals surface area contributed by atoms with Crippen LogP contribution in [0.5, 0.6) is 0 Å². The number of hydrogen-bond acceptors (Lipinski definition) is 1. The van der Waals surface area contributed by atoms with Gasteiger partial charge in [-0.2, -0.15) is 0 Å². The standard InChI is InChI=1S/C40H31NO/c42-38-40(34-25-13-4-14-26-34,35-27-15-5-16-28-35)39(32-21-9-2-10-22-32,33-23-11-3-12-24-33)37(31-19-7-1-8-20-31)41(38)36-29-17-6-18-30-36/h1-30,37H. The summed E-state index contributed by atoms with van der Waals surface area (Å²) in [6.45, 7) is 0. The monoisotopic (exact) mass is 541 g/mol. The summed E-state index contributed by atoms with van der Waals surface area (Å²) in [5, 5.41) is 0. The second-order valence-corrected chi connectivity index (χ2v) is 10.8. The molecule has 0 spiro atoms. The summed E-state index contributed by atoms with van der Waals surface area (Å²) >= 11 is 0. The SMILES string of the molecule is O=C1N(c2ccccc2)C(c2ccccc2)C(c2ccccc2)(c2ccccc2)C1(c1ccccc1)c1ccccc1. The molecule has 7 rings (SSSR count). The highest BCUT2D eigenvalue weighted by Crippen LogP contribution is 2.66. The van der Waals surface area contributed by atoms with Crippen LogP contribution in [-0.4, -0.2) is 5.91 Å². The van der Waals surface area contributed by atoms with Crippen molar-refractivity contribution in [2.24, 2.45) is 0 Å². The molecule has 0 bridgehead atoms. The summed E-state index contributed by atoms with van der Waals surface area (Å²) in [6, 6.07) is 62.4. The molecule has 6 aromatic carbocycles. The van der Waals surface area contributed by atoms with E-state index in [1.54, 1.807) is 0 Å². The summed E-state index contributed by atoms with van der Waals surface area (Å²) in [4.78, 5) is 18.0. The second-order valence-electron chi connectivity index (χ2n) is 10.8. The van der Waals surface area contributed by atoms with Crippen LogP contribution in [0.2, 0.25) is 0 Å². The van der Waals surface area contributed by atoms with Crippen molar-refractivity contribution in [1.29, 1.82) is 0 Å². The molecule has 202 valence electrons. The Morgan fingerprint density at radius 1 is 0.405 bits per heavy atom. The fourth-order valence-electron chi connectivity index (χ4n) is 7.32. The highest BCUT2D eigenvalue weighted by molar-refractivity contribution is 6.10. The third-order valence-corrected chi connectivity index (χ3v) is 8.82. The molecule has 0 saturated carbocycles. The van der Waals surface area contributed by atoms with Crippen molar-refractivity contribution < 1.29 is 4.79 Å². The maximum absolute atomic E-state index is 15.9. The van der Waals surface area contributed by atoms with Crippen LogP contribution in [0.3, 0.4) is 0 Å². The molecule has 42 heavy (non-hydrogen) atoms. The van der Waals surface area contributed by atoms with E-state index < -0.39 is 10.8 Å². The molecule has 1 aliphatic heterocycles. The van der Waals surface area contributed by atoms with Crippen LogP contribution in [0, 0.1) is 0 Å². The van der Waals surface area contributed by atoms with Gasteiger partial charge in [0.25, 0.3) is 0 Å². The lowest BCUT2D eigenvalue weighted by Gasteiger charge is -2.48. The number of nitrogens with zero attached hydrogens (tertiary/aromatic N) is 1. The Morgan fingerprint density at radius 3 is 1.14 bits per heavy atom. The molecule has 1 fully saturated rings. The van der Waals surface area contributed by atoms with Gasteiger partial charge in [0, 0.05) is 5.69 Å². The minimum Gasteiger partial charge on any atom is -0.303 e. The van der Waals surface area contributed by atoms with E-state index in [-0.39, 0.29) is 11.9 Å². The minimum absolute atomic E-state index is 0.0488. The summed E-state index contributed by atoms with van der Waals surface area (Å²) in [6.07, 6.45) is 0. The van der Waals surface area contributed by atoms with Crippen molar-refractivity contribution in [2.75, 3.05) is 4.90 Å². The number of amides is 1. The molecule has 0 radical (unpaired) electrons. The summed E-state index contributed by atoms with van der Waals surface area (Å²) < 4.78 is 0. The molecule has 0 aromatic heterocycles. The summed E-state index contributed by atoms with van der Waals surface area (Å²) in [5.41, 5.74) is 4.11. The van der Waals surface area contributed by atoms with Gasteiger partial charge in [0.15, 0.2) is 0 Å². The normalized spacial score (nSPS) is 17.2. The van der Waals surface area contributed by atoms with Crippen LogP contribution < -0.4 is 4.90 Å². The average Bonchev–Trinajstić information content (AvgIpc) is 3.33. The smallest absolute Gasteiger partial charge is 0.244 e. The zero-order valence-corrected chi connectivity index (χ0v) is 23.3. The number of anilines is 1. The van der Waals surface area contributed by atoms with Gasteiger partial charge < -0.3 is 4.90 Å². The third-order valence-electron chi connectivity index (χ3n) is 8.82. The first-order chi connectivity index (χ1) is 20.8. The molecule has 1 saturated heterocycles. The van der Waals surface area contributed by atoms with E-state index in [4.69, 9.17) is 0 Å². The van der Waals surface area contributed by atoms with E-state index in [2.05, 4.69) is 150 Å². The molecule has 2 heteroatoms. The molecule has 1 aliphatic rings. The van der Waals surface area contributed by atoms with Gasteiger partial charge >= 0.3 is 0 Å². The predicted octanol–water partition coefficient (Wildman–Crippen LogP) is 8.75. The lowest BCUT2D eigenvalue weighted by Crippen LogP contribution is -2.52. The van der Waals surface area contributed by atoms with Crippen molar-refractivity contribution in [3.05, 3.63) is 210 Å². The number of carbonyl (C=O) groups is 1. The molecule has 1 unspecified atom stereocenters. The molecule has 0 N–H and O–H groups in total. The molecular weight excluding hydrogens is 510 g/mol. The fourth-order valence-corrected chi connectivity index (χ4v) is 7.32. The van der Waals surface area contributed by atoms with Crippen LogP contribution in [0.25, 0.3) is 0 Å². The summed E-state index contributed by atoms with van der Waals surface area (Å²) in [7, 11) is 0. The van der Waals surface area contributed by atoms with Gasteiger partial charge in [-0.3, -0.25) is 4.79 Å². The van der Waals surface area contributed by atoms with Gasteiger partial charge in [0.1, 0.15) is 5.41 Å². The maximum atomic E-state index is 15.9. The van der Waals surface area contributed by atoms with Crippen molar-refractivity contribution in [3.63, 3.8) is 0 Å². The van der Waals surface area contributed by atoms with Gasteiger partial charge in [0.05, 0.1) is 11.5 Å². The summed E-state index contributed by atoms with van der Waals surface area (Å²) in [5.74, 6) is 0.0488. The Labute approximate surface area is 247 Å². The number of hydrogen-bond donors (Lipinski definition) is 0. The van der Waals surface area contributed by atoms with E-state index in [0.717, 1.165) is 33.5 Å². The molecule has 0 aliphatic carbocycles. The molecule has 1 heterocycles. The largest absolute Gasteiger partial charge is 0.303 e. The zero-order chi connectivity index (χ0) is 28.4. The van der Waals surface area contributed by atoms with E-state index >= 15 is 4.79 Å². The van der Waals surface area contributed by atoms with E-state index in [0.29, 0.717) is 0 Å². The topological polar surface area (TPSA) is 20.3 Å². The van der Waals surface area contributed by atoms with Crippen molar-refractivity contribution in [3.8, 4) is 0 Å². The Balaban J connectivity index is 1.75. The third kappa shape index (κ3) is 3.69. The number of benzene rings is 6. The van der Waals surface area contributed by atoms with Gasteiger partial charge in [-0.1, -0.05) is 170 Å². The van der Waals surface area contributed by atoms with Gasteiger partial charge in [-0.25, -0.2) is 0 Å². The molecule has 2 nitrogen and oxygen atoms in total. The Hall–Kier alpha value is -5.21. The van der Waals surface area contributed by atoms with Gasteiger partial charge in [-0.15, -0.1) is 0 Å². The minimum atomic E-state index is -1.10. The average molecular weight is 542 g/mol. The first kappa shape index (κ1) is 25.7. The van der Waals surface area contributed by atoms with Crippen LogP contribution in [-0.2, 0) is 15.6 Å². The second kappa shape index (κ2) is 10.6. The molecule has 1 amide bonds. The first-order valence-electron chi connectivity index (χ1n) is 14.5. The quantitative estimate of drug-likeness (QED) is 0.206. The van der Waals surface area contributed by atoms with E-state index in [1.165, 1.54) is 0 Å². The van der Waals surface area contributed by atoms with Crippen LogP contribution in [0.15, 0.2) is 182 Å². The number of carbonyl (C=O) groups excluding carboxylic acids is 1. The first-order valence-corrected chi connectivity index (χ1v) is 14.5. The Morgan fingerprint density at radius 2 is 0.738 bits per heavy atom. The Kier molecular flexibility index (Phi) is 6.52. The number of rotatable bonds is 6. The van der Waals surface area contributed by atoms with E-state index in [9.17, 15) is 0 Å². The van der Waals surface area contributed by atoms with Crippen molar-refractivity contribution in [2.45, 2.75) is 16.9 Å². The highest BCUT2D eigenvalue weighted by Gasteiger charge is 2.72. The number of para-hydroxylation sites is 1. The van der Waals surface area contributed by atoms with Crippen LogP contribution in [0.4, 0.5) is 5.69 Å². The molecule has 6 aromatic rings. The van der Waals surface area contributed by atoms with E-state index in [1.807, 2.05) is 36.4 Å². The van der Waals surface area contributed by atoms with Crippen LogP contribution in [0.1, 0.15) is 33.9 Å². The van der Waals surface area contributed by atoms with Crippen molar-refractivity contribution in [1.82, 2.24) is 0 Å². The molecular formula is C40H31NO. The predicted molar refractivity (Wildman–Crippen MR) is 170 cm³/mol. The van der Waals surface area contributed by atoms with Crippen molar-refractivity contribution >= 4 is 11.6 Å². The fraction of sp³-hybridized carbons (Fsp3) is 0.0750. The van der Waals surface area contributed by atoms with Gasteiger partial charge in [0.2, 0.25) is 5.91 Å². The van der Waals surface area contributed by atoms with Gasteiger partial charge in [-0.05, 0) is 39.9 Å². The highest BCUT2D eigenvalue weighted by atomic mass is 16.2.